The number of hydrogen-bond donors (Lipinski definition) is 1. The molecular formula is C27H39N3O4S. The third-order valence-electron chi connectivity index (χ3n) is 5.85. The van der Waals surface area contributed by atoms with E-state index in [0.29, 0.717) is 31.6 Å². The zero-order valence-corrected chi connectivity index (χ0v) is 22.4. The zero-order chi connectivity index (χ0) is 26.0. The maximum Gasteiger partial charge on any atom is 0.242 e. The Morgan fingerprint density at radius 1 is 1.00 bits per heavy atom. The van der Waals surface area contributed by atoms with Crippen molar-refractivity contribution in [2.24, 2.45) is 0 Å². The van der Waals surface area contributed by atoms with E-state index in [1.807, 2.05) is 70.2 Å². The molecule has 1 atom stereocenters. The molecule has 0 saturated carbocycles. The fraction of sp³-hybridized carbons (Fsp3) is 0.481. The molecule has 2 aromatic carbocycles. The second-order valence-corrected chi connectivity index (χ2v) is 10.9. The van der Waals surface area contributed by atoms with Crippen LogP contribution in [-0.2, 0) is 26.2 Å². The molecule has 0 aliphatic carbocycles. The number of carbonyl (C=O) groups excluding carboxylic acids is 2. The summed E-state index contributed by atoms with van der Waals surface area (Å²) >= 11 is 0. The average Bonchev–Trinajstić information content (AvgIpc) is 2.80. The van der Waals surface area contributed by atoms with Gasteiger partial charge in [-0.2, -0.15) is 0 Å². The van der Waals surface area contributed by atoms with E-state index in [-0.39, 0.29) is 24.8 Å². The lowest BCUT2D eigenvalue weighted by Gasteiger charge is -2.31. The highest BCUT2D eigenvalue weighted by atomic mass is 32.2. The first-order valence-corrected chi connectivity index (χ1v) is 14.1. The maximum atomic E-state index is 13.4. The van der Waals surface area contributed by atoms with Crippen LogP contribution in [0.1, 0.15) is 56.2 Å². The fourth-order valence-corrected chi connectivity index (χ4v) is 4.92. The molecule has 35 heavy (non-hydrogen) atoms. The summed E-state index contributed by atoms with van der Waals surface area (Å²) in [6.07, 6.45) is 2.96. The summed E-state index contributed by atoms with van der Waals surface area (Å²) in [5.74, 6) is -0.325. The number of carbonyl (C=O) groups is 2. The summed E-state index contributed by atoms with van der Waals surface area (Å²) in [4.78, 5) is 27.9. The van der Waals surface area contributed by atoms with Gasteiger partial charge >= 0.3 is 0 Å². The summed E-state index contributed by atoms with van der Waals surface area (Å²) in [7, 11) is -3.51. The van der Waals surface area contributed by atoms with E-state index >= 15 is 0 Å². The number of hydrogen-bond acceptors (Lipinski definition) is 4. The van der Waals surface area contributed by atoms with Gasteiger partial charge in [0, 0.05) is 26.1 Å². The van der Waals surface area contributed by atoms with Gasteiger partial charge in [-0.1, -0.05) is 55.8 Å². The number of sulfonamides is 1. The number of nitrogens with one attached hydrogen (secondary N) is 1. The second kappa shape index (κ2) is 13.3. The van der Waals surface area contributed by atoms with Crippen LogP contribution in [0.15, 0.2) is 48.5 Å². The van der Waals surface area contributed by atoms with Crippen LogP contribution in [0.5, 0.6) is 0 Å². The van der Waals surface area contributed by atoms with Gasteiger partial charge in [0.2, 0.25) is 21.8 Å². The normalized spacial score (nSPS) is 12.1. The van der Waals surface area contributed by atoms with Crippen molar-refractivity contribution in [3.05, 3.63) is 65.2 Å². The van der Waals surface area contributed by atoms with Crippen molar-refractivity contribution in [1.82, 2.24) is 10.2 Å². The van der Waals surface area contributed by atoms with Crippen molar-refractivity contribution in [2.45, 2.75) is 66.0 Å². The van der Waals surface area contributed by atoms with Gasteiger partial charge < -0.3 is 10.2 Å². The molecule has 0 unspecified atom stereocenters. The lowest BCUT2D eigenvalue weighted by molar-refractivity contribution is -0.141. The number of benzene rings is 2. The van der Waals surface area contributed by atoms with Gasteiger partial charge in [-0.05, 0) is 56.4 Å². The van der Waals surface area contributed by atoms with Gasteiger partial charge in [-0.15, -0.1) is 0 Å². The third-order valence-corrected chi connectivity index (χ3v) is 7.04. The van der Waals surface area contributed by atoms with Crippen LogP contribution in [-0.4, -0.2) is 50.5 Å². The minimum Gasteiger partial charge on any atom is -0.354 e. The predicted octanol–water partition coefficient (Wildman–Crippen LogP) is 4.18. The van der Waals surface area contributed by atoms with Crippen molar-refractivity contribution in [3.8, 4) is 0 Å². The quantitative estimate of drug-likeness (QED) is 0.446. The van der Waals surface area contributed by atoms with Crippen molar-refractivity contribution in [2.75, 3.05) is 23.7 Å². The first-order valence-electron chi connectivity index (χ1n) is 12.2. The van der Waals surface area contributed by atoms with Crippen LogP contribution in [0.3, 0.4) is 0 Å². The maximum absolute atomic E-state index is 13.4. The van der Waals surface area contributed by atoms with E-state index in [2.05, 4.69) is 5.32 Å². The molecule has 0 fully saturated rings. The van der Waals surface area contributed by atoms with E-state index in [1.165, 1.54) is 10.6 Å². The summed E-state index contributed by atoms with van der Waals surface area (Å²) < 4.78 is 26.2. The molecule has 0 spiro atoms. The van der Waals surface area contributed by atoms with Gasteiger partial charge in [0.05, 0.1) is 11.9 Å². The summed E-state index contributed by atoms with van der Waals surface area (Å²) in [6, 6.07) is 14.6. The molecule has 192 valence electrons. The van der Waals surface area contributed by atoms with Crippen LogP contribution in [0.25, 0.3) is 0 Å². The van der Waals surface area contributed by atoms with Gasteiger partial charge in [-0.25, -0.2) is 8.42 Å². The minimum absolute atomic E-state index is 0.140. The number of nitrogens with zero attached hydrogens (tertiary/aromatic N) is 2. The smallest absolute Gasteiger partial charge is 0.242 e. The number of amides is 2. The Balaban J connectivity index is 2.19. The van der Waals surface area contributed by atoms with Crippen molar-refractivity contribution >= 4 is 27.5 Å². The Hall–Kier alpha value is -2.87. The molecule has 0 radical (unpaired) electrons. The van der Waals surface area contributed by atoms with Crippen LogP contribution in [0, 0.1) is 13.8 Å². The molecule has 1 N–H and O–H groups in total. The summed E-state index contributed by atoms with van der Waals surface area (Å²) in [5.41, 5.74) is 3.61. The van der Waals surface area contributed by atoms with Crippen LogP contribution in [0.2, 0.25) is 0 Å². The van der Waals surface area contributed by atoms with Crippen LogP contribution >= 0.6 is 0 Å². The molecule has 2 rings (SSSR count). The van der Waals surface area contributed by atoms with Crippen molar-refractivity contribution in [1.29, 1.82) is 0 Å². The largest absolute Gasteiger partial charge is 0.354 e. The molecule has 0 aliphatic heterocycles. The van der Waals surface area contributed by atoms with Crippen LogP contribution < -0.4 is 9.62 Å². The lowest BCUT2D eigenvalue weighted by atomic mass is 10.1. The summed E-state index contributed by atoms with van der Waals surface area (Å²) in [6.45, 7) is 8.86. The minimum atomic E-state index is -3.51. The van der Waals surface area contributed by atoms with E-state index < -0.39 is 16.1 Å². The van der Waals surface area contributed by atoms with Gasteiger partial charge in [-0.3, -0.25) is 13.9 Å². The Labute approximate surface area is 210 Å². The predicted molar refractivity (Wildman–Crippen MR) is 142 cm³/mol. The Morgan fingerprint density at radius 2 is 1.69 bits per heavy atom. The molecule has 0 saturated heterocycles. The van der Waals surface area contributed by atoms with E-state index in [4.69, 9.17) is 0 Å². The number of aryl methyl sites for hydroxylation is 2. The van der Waals surface area contributed by atoms with Crippen LogP contribution in [0.4, 0.5) is 5.69 Å². The molecule has 0 heterocycles. The van der Waals surface area contributed by atoms with E-state index in [1.54, 1.807) is 11.0 Å². The number of rotatable bonds is 13. The highest BCUT2D eigenvalue weighted by Crippen LogP contribution is 2.21. The lowest BCUT2D eigenvalue weighted by Crippen LogP contribution is -2.49. The Morgan fingerprint density at radius 3 is 2.26 bits per heavy atom. The Bertz CT molecular complexity index is 1080. The molecule has 0 aliphatic rings. The average molecular weight is 502 g/mol. The van der Waals surface area contributed by atoms with Gasteiger partial charge in [0.15, 0.2) is 0 Å². The van der Waals surface area contributed by atoms with Crippen molar-refractivity contribution < 1.29 is 18.0 Å². The standard InChI is InChI=1S/C27H39N3O4S/c1-6-17-28-27(32)25(7-2)29(20-23-15-13-21(3)14-16-23)26(31)12-9-18-30(35(5,33)34)24-11-8-10-22(4)19-24/h8,10-11,13-16,19,25H,6-7,9,12,17-18,20H2,1-5H3,(H,28,32)/t25-/m1/s1. The first-order chi connectivity index (χ1) is 16.6. The molecule has 0 bridgehead atoms. The van der Waals surface area contributed by atoms with Gasteiger partial charge in [0.1, 0.15) is 6.04 Å². The SMILES string of the molecule is CCCNC(=O)[C@@H](CC)N(Cc1ccc(C)cc1)C(=O)CCCN(c1cccc(C)c1)S(C)(=O)=O. The van der Waals surface area contributed by atoms with Crippen molar-refractivity contribution in [3.63, 3.8) is 0 Å². The van der Waals surface area contributed by atoms with E-state index in [9.17, 15) is 18.0 Å². The molecule has 2 aromatic rings. The topological polar surface area (TPSA) is 86.8 Å². The highest BCUT2D eigenvalue weighted by Gasteiger charge is 2.28. The van der Waals surface area contributed by atoms with E-state index in [0.717, 1.165) is 23.1 Å². The third kappa shape index (κ3) is 8.69. The number of anilines is 1. The Kier molecular flexibility index (Phi) is 10.8. The molecule has 0 aromatic heterocycles. The molecule has 2 amide bonds. The summed E-state index contributed by atoms with van der Waals surface area (Å²) in [5, 5.41) is 2.91. The molecule has 7 nitrogen and oxygen atoms in total. The highest BCUT2D eigenvalue weighted by molar-refractivity contribution is 7.92. The fourth-order valence-electron chi connectivity index (χ4n) is 3.96. The second-order valence-electron chi connectivity index (χ2n) is 9.00. The first kappa shape index (κ1) is 28.4. The molecule has 8 heteroatoms. The molecular weight excluding hydrogens is 462 g/mol. The van der Waals surface area contributed by atoms with Gasteiger partial charge in [0.25, 0.3) is 0 Å². The monoisotopic (exact) mass is 501 g/mol. The zero-order valence-electron chi connectivity index (χ0n) is 21.6.